The fourth-order valence-electron chi connectivity index (χ4n) is 4.10. The lowest BCUT2D eigenvalue weighted by Gasteiger charge is -2.20. The van der Waals surface area contributed by atoms with Gasteiger partial charge < -0.3 is 21.5 Å². The maximum atomic E-state index is 13.4. The number of nitrogens with one attached hydrogen (secondary N) is 2. The first-order valence-corrected chi connectivity index (χ1v) is 13.5. The van der Waals surface area contributed by atoms with Gasteiger partial charge in [-0.05, 0) is 47.2 Å². The number of anilines is 1. The van der Waals surface area contributed by atoms with Gasteiger partial charge in [0.15, 0.2) is 10.8 Å². The van der Waals surface area contributed by atoms with E-state index in [-0.39, 0.29) is 24.3 Å². The zero-order chi connectivity index (χ0) is 26.1. The van der Waals surface area contributed by atoms with Crippen molar-refractivity contribution in [3.63, 3.8) is 0 Å². The van der Waals surface area contributed by atoms with Crippen molar-refractivity contribution >= 4 is 55.5 Å². The highest BCUT2D eigenvalue weighted by Crippen LogP contribution is 2.28. The third-order valence-corrected chi connectivity index (χ3v) is 7.68. The van der Waals surface area contributed by atoms with Crippen LogP contribution in [0, 0.1) is 5.92 Å². The minimum absolute atomic E-state index is 0.0414. The molecule has 0 aliphatic heterocycles. The highest BCUT2D eigenvalue weighted by Gasteiger charge is 2.26. The van der Waals surface area contributed by atoms with Crippen molar-refractivity contribution in [1.82, 2.24) is 25.0 Å². The maximum absolute atomic E-state index is 13.4. The highest BCUT2D eigenvalue weighted by atomic mass is 32.1. The van der Waals surface area contributed by atoms with Crippen molar-refractivity contribution in [2.24, 2.45) is 5.92 Å². The molecule has 0 unspecified atom stereocenters. The molecule has 0 aliphatic rings. The number of amides is 2. The van der Waals surface area contributed by atoms with E-state index in [9.17, 15) is 14.7 Å². The molecular formula is C26H26N6O3S2. The molecule has 4 aromatic heterocycles. The van der Waals surface area contributed by atoms with Crippen LogP contribution < -0.4 is 16.4 Å². The molecule has 37 heavy (non-hydrogen) atoms. The summed E-state index contributed by atoms with van der Waals surface area (Å²) in [5.41, 5.74) is 9.85. The van der Waals surface area contributed by atoms with Gasteiger partial charge in [0.05, 0.1) is 28.4 Å². The number of nitrogens with two attached hydrogens (primary N) is 1. The summed E-state index contributed by atoms with van der Waals surface area (Å²) < 4.78 is 2.59. The second-order valence-electron chi connectivity index (χ2n) is 8.98. The summed E-state index contributed by atoms with van der Waals surface area (Å²) in [4.78, 5) is 35.7. The third kappa shape index (κ3) is 4.93. The minimum atomic E-state index is -0.411. The first-order chi connectivity index (χ1) is 17.9. The number of aliphatic hydroxyl groups excluding tert-OH is 1. The first kappa shape index (κ1) is 24.9. The summed E-state index contributed by atoms with van der Waals surface area (Å²) >= 11 is 2.89. The van der Waals surface area contributed by atoms with Crippen LogP contribution in [0.4, 0.5) is 5.13 Å². The van der Waals surface area contributed by atoms with E-state index in [4.69, 9.17) is 10.7 Å². The summed E-state index contributed by atoms with van der Waals surface area (Å²) in [5.74, 6) is -0.630. The van der Waals surface area contributed by atoms with Crippen molar-refractivity contribution < 1.29 is 14.7 Å². The number of aliphatic hydroxyl groups is 1. The number of carbonyl (C=O) groups is 2. The summed E-state index contributed by atoms with van der Waals surface area (Å²) in [6, 6.07) is 10.6. The molecule has 0 aliphatic carbocycles. The van der Waals surface area contributed by atoms with Crippen LogP contribution in [0.15, 0.2) is 53.4 Å². The number of carbonyl (C=O) groups excluding carboxylic acids is 2. The number of benzene rings is 1. The van der Waals surface area contributed by atoms with Crippen LogP contribution in [0.1, 0.15) is 40.3 Å². The Morgan fingerprint density at radius 3 is 2.73 bits per heavy atom. The number of aromatic nitrogens is 3. The number of nitrogen functional groups attached to an aromatic ring is 1. The van der Waals surface area contributed by atoms with Gasteiger partial charge in [-0.3, -0.25) is 14.0 Å². The number of thiophene rings is 1. The number of rotatable bonds is 8. The highest BCUT2D eigenvalue weighted by molar-refractivity contribution is 7.22. The summed E-state index contributed by atoms with van der Waals surface area (Å²) in [6.45, 7) is 3.99. The van der Waals surface area contributed by atoms with Crippen LogP contribution in [0.2, 0.25) is 0 Å². The van der Waals surface area contributed by atoms with Crippen molar-refractivity contribution in [2.45, 2.75) is 26.4 Å². The van der Waals surface area contributed by atoms with E-state index in [0.717, 1.165) is 21.3 Å². The van der Waals surface area contributed by atoms with E-state index in [1.54, 1.807) is 22.7 Å². The molecule has 2 amide bonds. The van der Waals surface area contributed by atoms with Crippen LogP contribution in [-0.2, 0) is 6.54 Å². The SMILES string of the molecule is CC(C)[C@@H](CO)NC(=O)c1c(-c2ccsc2)nc2c(C(=O)NCc3ccc4nc(N)sc4c3)cccn12. The molecule has 0 saturated heterocycles. The Labute approximate surface area is 221 Å². The van der Waals surface area contributed by atoms with Gasteiger partial charge in [-0.2, -0.15) is 11.3 Å². The van der Waals surface area contributed by atoms with Gasteiger partial charge in [0.25, 0.3) is 11.8 Å². The molecule has 9 nitrogen and oxygen atoms in total. The molecule has 0 saturated carbocycles. The van der Waals surface area contributed by atoms with E-state index in [1.807, 2.05) is 48.9 Å². The Morgan fingerprint density at radius 2 is 2.00 bits per heavy atom. The van der Waals surface area contributed by atoms with E-state index in [0.29, 0.717) is 34.3 Å². The second-order valence-corrected chi connectivity index (χ2v) is 10.8. The Hall–Kier alpha value is -3.80. The first-order valence-electron chi connectivity index (χ1n) is 11.7. The predicted octanol–water partition coefficient (Wildman–Crippen LogP) is 3.93. The van der Waals surface area contributed by atoms with Gasteiger partial charge in [0.1, 0.15) is 11.4 Å². The quantitative estimate of drug-likeness (QED) is 0.238. The molecular weight excluding hydrogens is 508 g/mol. The fraction of sp³-hybridized carbons (Fsp3) is 0.231. The Morgan fingerprint density at radius 1 is 1.16 bits per heavy atom. The van der Waals surface area contributed by atoms with Gasteiger partial charge in [-0.15, -0.1) is 0 Å². The number of pyridine rings is 1. The summed E-state index contributed by atoms with van der Waals surface area (Å²) in [7, 11) is 0. The number of nitrogens with zero attached hydrogens (tertiary/aromatic N) is 3. The summed E-state index contributed by atoms with van der Waals surface area (Å²) in [6.07, 6.45) is 1.72. The van der Waals surface area contributed by atoms with Crippen LogP contribution in [0.25, 0.3) is 27.1 Å². The predicted molar refractivity (Wildman–Crippen MR) is 147 cm³/mol. The topological polar surface area (TPSA) is 135 Å². The van der Waals surface area contributed by atoms with Gasteiger partial charge in [-0.1, -0.05) is 31.3 Å². The largest absolute Gasteiger partial charge is 0.394 e. The average molecular weight is 535 g/mol. The van der Waals surface area contributed by atoms with Crippen molar-refractivity contribution in [3.05, 3.63) is 70.2 Å². The standard InChI is InChI=1S/C26H26N6O3S2/c1-14(2)19(12-33)29-25(35)22-21(16-7-9-36-13-16)31-23-17(4-3-8-32(22)23)24(34)28-11-15-5-6-18-20(10-15)37-26(27)30-18/h3-10,13-14,19,33H,11-12H2,1-2H3,(H2,27,30)(H,28,34)(H,29,35)/t19-/m1/s1. The van der Waals surface area contributed by atoms with Crippen LogP contribution in [-0.4, -0.2) is 43.9 Å². The summed E-state index contributed by atoms with van der Waals surface area (Å²) in [5, 5.41) is 19.9. The molecule has 5 aromatic rings. The molecule has 0 bridgehead atoms. The smallest absolute Gasteiger partial charge is 0.270 e. The van der Waals surface area contributed by atoms with E-state index in [2.05, 4.69) is 15.6 Å². The van der Waals surface area contributed by atoms with Crippen molar-refractivity contribution in [3.8, 4) is 11.3 Å². The number of imidazole rings is 1. The molecule has 1 aromatic carbocycles. The van der Waals surface area contributed by atoms with Crippen molar-refractivity contribution in [2.75, 3.05) is 12.3 Å². The van der Waals surface area contributed by atoms with Crippen LogP contribution in [0.5, 0.6) is 0 Å². The number of thiazole rings is 1. The molecule has 11 heteroatoms. The Kier molecular flexibility index (Phi) is 6.92. The van der Waals surface area contributed by atoms with Gasteiger partial charge in [-0.25, -0.2) is 9.97 Å². The fourth-order valence-corrected chi connectivity index (χ4v) is 5.54. The number of hydrogen-bond donors (Lipinski definition) is 4. The molecule has 5 rings (SSSR count). The zero-order valence-electron chi connectivity index (χ0n) is 20.3. The normalized spacial score (nSPS) is 12.3. The molecule has 0 radical (unpaired) electrons. The number of hydrogen-bond acceptors (Lipinski definition) is 8. The lowest BCUT2D eigenvalue weighted by molar-refractivity contribution is 0.0890. The Balaban J connectivity index is 1.48. The maximum Gasteiger partial charge on any atom is 0.270 e. The lowest BCUT2D eigenvalue weighted by atomic mass is 10.0. The van der Waals surface area contributed by atoms with E-state index >= 15 is 0 Å². The van der Waals surface area contributed by atoms with Gasteiger partial charge >= 0.3 is 0 Å². The van der Waals surface area contributed by atoms with E-state index in [1.165, 1.54) is 22.7 Å². The molecule has 4 heterocycles. The Bertz CT molecular complexity index is 1590. The minimum Gasteiger partial charge on any atom is -0.394 e. The van der Waals surface area contributed by atoms with E-state index < -0.39 is 6.04 Å². The lowest BCUT2D eigenvalue weighted by Crippen LogP contribution is -2.41. The van der Waals surface area contributed by atoms with Crippen LogP contribution in [0.3, 0.4) is 0 Å². The van der Waals surface area contributed by atoms with Crippen LogP contribution >= 0.6 is 22.7 Å². The molecule has 0 spiro atoms. The molecule has 1 atom stereocenters. The molecule has 190 valence electrons. The molecule has 0 fully saturated rings. The molecule has 5 N–H and O–H groups in total. The average Bonchev–Trinajstić information content (AvgIpc) is 3.62. The zero-order valence-corrected chi connectivity index (χ0v) is 21.9. The van der Waals surface area contributed by atoms with Gasteiger partial charge in [0, 0.05) is 23.7 Å². The van der Waals surface area contributed by atoms with Crippen molar-refractivity contribution in [1.29, 1.82) is 0 Å². The second kappa shape index (κ2) is 10.3. The monoisotopic (exact) mass is 534 g/mol. The number of fused-ring (bicyclic) bond motifs is 2. The third-order valence-electron chi connectivity index (χ3n) is 6.14. The van der Waals surface area contributed by atoms with Gasteiger partial charge in [0.2, 0.25) is 0 Å².